The number of anilines is 1. The number of ether oxygens (including phenoxy) is 1. The van der Waals surface area contributed by atoms with E-state index in [2.05, 4.69) is 27.6 Å². The molecule has 1 aromatic carbocycles. The lowest BCUT2D eigenvalue weighted by Crippen LogP contribution is -2.53. The Morgan fingerprint density at radius 2 is 2.03 bits per heavy atom. The summed E-state index contributed by atoms with van der Waals surface area (Å²) in [6.07, 6.45) is 8.63. The van der Waals surface area contributed by atoms with Gasteiger partial charge in [0.25, 0.3) is 0 Å². The standard InChI is InChI=1S/C27H37N7O4S/c1-19-18-33(14-13-28-19)26(35)20-7-9-21(10-8-20)31-27-29-12-11-25(32-27)34-23-5-3-6-24(22(23)17-30-34)38-15-4-16-39(2,36)37/h3,5-6,11-12,17,19-21,28H,4,7-10,13-16,18H2,1-2H3,(H,29,31,32)/t19-,20?,21?/m1/s1. The van der Waals surface area contributed by atoms with Crippen LogP contribution in [-0.4, -0.2) is 89.3 Å². The molecule has 1 saturated carbocycles. The van der Waals surface area contributed by atoms with Gasteiger partial charge in [0.15, 0.2) is 5.82 Å². The van der Waals surface area contributed by atoms with Gasteiger partial charge in [-0.1, -0.05) is 6.07 Å². The molecule has 1 aliphatic carbocycles. The van der Waals surface area contributed by atoms with Crippen molar-refractivity contribution in [2.75, 3.05) is 43.6 Å². The van der Waals surface area contributed by atoms with Crippen LogP contribution in [0.3, 0.4) is 0 Å². The van der Waals surface area contributed by atoms with Gasteiger partial charge in [-0.25, -0.2) is 18.1 Å². The number of rotatable bonds is 9. The first-order valence-corrected chi connectivity index (χ1v) is 15.7. The molecule has 1 aliphatic heterocycles. The number of sulfone groups is 1. The number of carbonyl (C=O) groups excluding carboxylic acids is 1. The van der Waals surface area contributed by atoms with Crippen LogP contribution in [0.4, 0.5) is 5.95 Å². The largest absolute Gasteiger partial charge is 0.493 e. The Bertz CT molecular complexity index is 1400. The molecule has 2 N–H and O–H groups in total. The average molecular weight is 556 g/mol. The Balaban J connectivity index is 1.20. The highest BCUT2D eigenvalue weighted by molar-refractivity contribution is 7.90. The second kappa shape index (κ2) is 11.9. The number of nitrogens with one attached hydrogen (secondary N) is 2. The smallest absolute Gasteiger partial charge is 0.225 e. The van der Waals surface area contributed by atoms with Crippen LogP contribution >= 0.6 is 0 Å². The van der Waals surface area contributed by atoms with Crippen molar-refractivity contribution in [2.24, 2.45) is 5.92 Å². The van der Waals surface area contributed by atoms with Crippen molar-refractivity contribution >= 4 is 32.6 Å². The molecule has 210 valence electrons. The molecule has 5 rings (SSSR count). The van der Waals surface area contributed by atoms with E-state index in [1.165, 1.54) is 6.26 Å². The van der Waals surface area contributed by atoms with E-state index in [1.807, 2.05) is 23.1 Å². The van der Waals surface area contributed by atoms with Gasteiger partial charge in [0.2, 0.25) is 11.9 Å². The summed E-state index contributed by atoms with van der Waals surface area (Å²) in [6.45, 7) is 4.87. The molecule has 2 aliphatic rings. The lowest BCUT2D eigenvalue weighted by molar-refractivity contribution is -0.137. The maximum Gasteiger partial charge on any atom is 0.225 e. The van der Waals surface area contributed by atoms with Gasteiger partial charge in [-0.3, -0.25) is 4.79 Å². The van der Waals surface area contributed by atoms with Gasteiger partial charge in [-0.2, -0.15) is 10.1 Å². The predicted molar refractivity (Wildman–Crippen MR) is 150 cm³/mol. The van der Waals surface area contributed by atoms with E-state index in [9.17, 15) is 13.2 Å². The molecule has 0 spiro atoms. The minimum atomic E-state index is -3.02. The Morgan fingerprint density at radius 3 is 2.79 bits per heavy atom. The van der Waals surface area contributed by atoms with Crippen LogP contribution in [0, 0.1) is 5.92 Å². The number of hydrogen-bond donors (Lipinski definition) is 2. The van der Waals surface area contributed by atoms with E-state index in [0.29, 0.717) is 42.5 Å². The fourth-order valence-electron chi connectivity index (χ4n) is 5.43. The Labute approximate surface area is 229 Å². The zero-order chi connectivity index (χ0) is 27.4. The highest BCUT2D eigenvalue weighted by Gasteiger charge is 2.31. The van der Waals surface area contributed by atoms with Gasteiger partial charge in [0, 0.05) is 56.2 Å². The summed E-state index contributed by atoms with van der Waals surface area (Å²) >= 11 is 0. The molecule has 0 bridgehead atoms. The third kappa shape index (κ3) is 6.85. The lowest BCUT2D eigenvalue weighted by atomic mass is 9.85. The SMILES string of the molecule is C[C@@H]1CN(C(=O)C2CCC(Nc3nccc(-n4ncc5c(OCCCS(C)(=O)=O)cccc54)n3)CC2)CCN1. The minimum absolute atomic E-state index is 0.0896. The average Bonchev–Trinajstić information content (AvgIpc) is 3.36. The third-order valence-corrected chi connectivity index (χ3v) is 8.47. The molecule has 1 saturated heterocycles. The van der Waals surface area contributed by atoms with E-state index in [0.717, 1.165) is 56.2 Å². The Hall–Kier alpha value is -3.25. The van der Waals surface area contributed by atoms with Crippen LogP contribution in [0.15, 0.2) is 36.7 Å². The van der Waals surface area contributed by atoms with Crippen LogP contribution in [-0.2, 0) is 14.6 Å². The molecule has 39 heavy (non-hydrogen) atoms. The van der Waals surface area contributed by atoms with Crippen LogP contribution in [0.2, 0.25) is 0 Å². The molecule has 1 atom stereocenters. The summed E-state index contributed by atoms with van der Waals surface area (Å²) in [7, 11) is -3.02. The van der Waals surface area contributed by atoms with Crippen LogP contribution in [0.1, 0.15) is 39.0 Å². The zero-order valence-electron chi connectivity index (χ0n) is 22.5. The quantitative estimate of drug-likeness (QED) is 0.382. The van der Waals surface area contributed by atoms with Crippen molar-refractivity contribution in [3.8, 4) is 11.6 Å². The molecule has 11 nitrogen and oxygen atoms in total. The monoisotopic (exact) mass is 555 g/mol. The van der Waals surface area contributed by atoms with E-state index in [1.54, 1.807) is 23.1 Å². The number of carbonyl (C=O) groups is 1. The van der Waals surface area contributed by atoms with Crippen molar-refractivity contribution in [2.45, 2.75) is 51.1 Å². The number of benzene rings is 1. The first-order chi connectivity index (χ1) is 18.8. The summed E-state index contributed by atoms with van der Waals surface area (Å²) in [5, 5.41) is 12.2. The topological polar surface area (TPSA) is 131 Å². The van der Waals surface area contributed by atoms with Gasteiger partial charge < -0.3 is 20.3 Å². The maximum atomic E-state index is 13.0. The maximum absolute atomic E-state index is 13.0. The van der Waals surface area contributed by atoms with Gasteiger partial charge >= 0.3 is 0 Å². The van der Waals surface area contributed by atoms with Crippen LogP contribution < -0.4 is 15.4 Å². The fraction of sp³-hybridized carbons (Fsp3) is 0.556. The van der Waals surface area contributed by atoms with Gasteiger partial charge in [-0.05, 0) is 51.2 Å². The van der Waals surface area contributed by atoms with E-state index in [-0.39, 0.29) is 17.7 Å². The summed E-state index contributed by atoms with van der Waals surface area (Å²) in [5.41, 5.74) is 0.835. The van der Waals surface area contributed by atoms with Crippen molar-refractivity contribution in [1.29, 1.82) is 0 Å². The Morgan fingerprint density at radius 1 is 1.21 bits per heavy atom. The van der Waals surface area contributed by atoms with Crippen molar-refractivity contribution < 1.29 is 17.9 Å². The number of hydrogen-bond acceptors (Lipinski definition) is 9. The van der Waals surface area contributed by atoms with Gasteiger partial charge in [-0.15, -0.1) is 0 Å². The Kier molecular flexibility index (Phi) is 8.31. The summed E-state index contributed by atoms with van der Waals surface area (Å²) in [4.78, 5) is 24.2. The normalized spacial score (nSPS) is 22.1. The second-order valence-corrected chi connectivity index (χ2v) is 12.9. The number of aromatic nitrogens is 4. The molecule has 3 heterocycles. The van der Waals surface area contributed by atoms with Crippen molar-refractivity contribution in [3.05, 3.63) is 36.7 Å². The van der Waals surface area contributed by atoms with E-state index >= 15 is 0 Å². The molecule has 0 radical (unpaired) electrons. The van der Waals surface area contributed by atoms with Crippen LogP contribution in [0.5, 0.6) is 5.75 Å². The highest BCUT2D eigenvalue weighted by atomic mass is 32.2. The molecule has 3 aromatic rings. The molecule has 2 fully saturated rings. The van der Waals surface area contributed by atoms with Crippen molar-refractivity contribution in [1.82, 2.24) is 30.0 Å². The summed E-state index contributed by atoms with van der Waals surface area (Å²) < 4.78 is 30.4. The summed E-state index contributed by atoms with van der Waals surface area (Å²) in [5.74, 6) is 2.31. The first kappa shape index (κ1) is 27.3. The first-order valence-electron chi connectivity index (χ1n) is 13.7. The van der Waals surface area contributed by atoms with Gasteiger partial charge in [0.1, 0.15) is 15.6 Å². The molecule has 1 amide bonds. The minimum Gasteiger partial charge on any atom is -0.493 e. The fourth-order valence-corrected chi connectivity index (χ4v) is 6.07. The number of fused-ring (bicyclic) bond motifs is 1. The molecular formula is C27H37N7O4S. The molecule has 0 unspecified atom stereocenters. The van der Waals surface area contributed by atoms with Gasteiger partial charge in [0.05, 0.1) is 29.5 Å². The lowest BCUT2D eigenvalue weighted by Gasteiger charge is -2.36. The predicted octanol–water partition coefficient (Wildman–Crippen LogP) is 2.42. The highest BCUT2D eigenvalue weighted by Crippen LogP contribution is 2.29. The second-order valence-electron chi connectivity index (χ2n) is 10.6. The van der Waals surface area contributed by atoms with Crippen LogP contribution in [0.25, 0.3) is 16.7 Å². The molecular weight excluding hydrogens is 518 g/mol. The van der Waals surface area contributed by atoms with E-state index < -0.39 is 9.84 Å². The third-order valence-electron chi connectivity index (χ3n) is 7.44. The van der Waals surface area contributed by atoms with Crippen molar-refractivity contribution in [3.63, 3.8) is 0 Å². The summed E-state index contributed by atoms with van der Waals surface area (Å²) in [6, 6.07) is 8.05. The molecule has 12 heteroatoms. The number of amides is 1. The number of piperazine rings is 1. The molecule has 2 aromatic heterocycles. The number of nitrogens with zero attached hydrogens (tertiary/aromatic N) is 5. The zero-order valence-corrected chi connectivity index (χ0v) is 23.4. The van der Waals surface area contributed by atoms with E-state index in [4.69, 9.17) is 9.72 Å².